The number of nitrogens with zero attached hydrogens (tertiary/aromatic N) is 2. The molecule has 2 N–H and O–H groups in total. The quantitative estimate of drug-likeness (QED) is 0.879. The zero-order valence-corrected chi connectivity index (χ0v) is 11.9. The minimum Gasteiger partial charge on any atom is -0.355 e. The van der Waals surface area contributed by atoms with Gasteiger partial charge in [0.1, 0.15) is 0 Å². The number of anilines is 2. The summed E-state index contributed by atoms with van der Waals surface area (Å²) in [5.41, 5.74) is 0.834. The molecule has 0 aromatic carbocycles. The van der Waals surface area contributed by atoms with E-state index in [0.29, 0.717) is 5.92 Å². The van der Waals surface area contributed by atoms with Crippen molar-refractivity contribution in [2.45, 2.75) is 32.2 Å². The van der Waals surface area contributed by atoms with Crippen LogP contribution in [0.2, 0.25) is 0 Å². The normalized spacial score (nSPS) is 25.9. The van der Waals surface area contributed by atoms with Crippen LogP contribution in [0.1, 0.15) is 26.2 Å². The first-order valence-electron chi connectivity index (χ1n) is 7.50. The Hall–Kier alpha value is -1.62. The van der Waals surface area contributed by atoms with E-state index in [0.717, 1.165) is 37.6 Å². The molecule has 3 rings (SSSR count). The van der Waals surface area contributed by atoms with Gasteiger partial charge in [-0.1, -0.05) is 6.92 Å². The largest absolute Gasteiger partial charge is 0.355 e. The van der Waals surface area contributed by atoms with Gasteiger partial charge >= 0.3 is 0 Å². The molecule has 5 nitrogen and oxygen atoms in total. The summed E-state index contributed by atoms with van der Waals surface area (Å²) >= 11 is 0. The number of amides is 1. The number of hydrogen-bond acceptors (Lipinski definition) is 4. The molecule has 3 heterocycles. The molecule has 20 heavy (non-hydrogen) atoms. The summed E-state index contributed by atoms with van der Waals surface area (Å²) < 4.78 is 0. The Morgan fingerprint density at radius 1 is 1.45 bits per heavy atom. The lowest BCUT2D eigenvalue weighted by atomic mass is 10.0. The summed E-state index contributed by atoms with van der Waals surface area (Å²) in [6.07, 6.45) is 5.25. The van der Waals surface area contributed by atoms with Gasteiger partial charge in [0.25, 0.3) is 0 Å². The summed E-state index contributed by atoms with van der Waals surface area (Å²) in [6.45, 7) is 5.09. The van der Waals surface area contributed by atoms with Crippen LogP contribution in [-0.2, 0) is 4.79 Å². The SMILES string of the molecule is CC1CCNC1C(=O)Nc1cccnc1N1CCCC1. The number of aromatic nitrogens is 1. The van der Waals surface area contributed by atoms with Crippen LogP contribution in [-0.4, -0.2) is 36.6 Å². The second kappa shape index (κ2) is 5.79. The molecule has 108 valence electrons. The fourth-order valence-corrected chi connectivity index (χ4v) is 3.07. The molecular formula is C15H22N4O. The Morgan fingerprint density at radius 2 is 2.25 bits per heavy atom. The first-order chi connectivity index (χ1) is 9.75. The van der Waals surface area contributed by atoms with E-state index in [9.17, 15) is 4.79 Å². The maximum atomic E-state index is 12.4. The minimum atomic E-state index is -0.0818. The molecule has 2 fully saturated rings. The van der Waals surface area contributed by atoms with Gasteiger partial charge in [-0.05, 0) is 43.9 Å². The van der Waals surface area contributed by atoms with Gasteiger partial charge in [-0.3, -0.25) is 4.79 Å². The Balaban J connectivity index is 1.75. The zero-order valence-electron chi connectivity index (χ0n) is 11.9. The number of pyridine rings is 1. The topological polar surface area (TPSA) is 57.3 Å². The third kappa shape index (κ3) is 2.63. The summed E-state index contributed by atoms with van der Waals surface area (Å²) in [4.78, 5) is 19.1. The molecule has 0 spiro atoms. The summed E-state index contributed by atoms with van der Waals surface area (Å²) in [5.74, 6) is 1.36. The van der Waals surface area contributed by atoms with Crippen molar-refractivity contribution >= 4 is 17.4 Å². The average Bonchev–Trinajstić information content (AvgIpc) is 3.10. The van der Waals surface area contributed by atoms with Crippen LogP contribution in [0.4, 0.5) is 11.5 Å². The van der Waals surface area contributed by atoms with Crippen LogP contribution < -0.4 is 15.5 Å². The molecule has 1 aromatic heterocycles. The van der Waals surface area contributed by atoms with Crippen LogP contribution in [0.25, 0.3) is 0 Å². The highest BCUT2D eigenvalue weighted by molar-refractivity contribution is 5.97. The number of hydrogen-bond donors (Lipinski definition) is 2. The second-order valence-electron chi connectivity index (χ2n) is 5.76. The van der Waals surface area contributed by atoms with Crippen molar-refractivity contribution in [2.75, 3.05) is 29.9 Å². The molecule has 2 atom stereocenters. The fraction of sp³-hybridized carbons (Fsp3) is 0.600. The predicted molar refractivity (Wildman–Crippen MR) is 79.9 cm³/mol. The van der Waals surface area contributed by atoms with Crippen LogP contribution in [0.15, 0.2) is 18.3 Å². The van der Waals surface area contributed by atoms with Gasteiger partial charge < -0.3 is 15.5 Å². The van der Waals surface area contributed by atoms with E-state index in [1.165, 1.54) is 12.8 Å². The summed E-state index contributed by atoms with van der Waals surface area (Å²) in [7, 11) is 0. The fourth-order valence-electron chi connectivity index (χ4n) is 3.07. The first-order valence-corrected chi connectivity index (χ1v) is 7.50. The van der Waals surface area contributed by atoms with E-state index in [-0.39, 0.29) is 11.9 Å². The van der Waals surface area contributed by atoms with Crippen LogP contribution in [0.3, 0.4) is 0 Å². The molecule has 2 saturated heterocycles. The zero-order chi connectivity index (χ0) is 13.9. The van der Waals surface area contributed by atoms with E-state index in [1.807, 2.05) is 12.1 Å². The molecule has 5 heteroatoms. The number of nitrogens with one attached hydrogen (secondary N) is 2. The van der Waals surface area contributed by atoms with Crippen molar-refractivity contribution in [1.29, 1.82) is 0 Å². The lowest BCUT2D eigenvalue weighted by molar-refractivity contribution is -0.118. The number of carbonyl (C=O) groups is 1. The second-order valence-corrected chi connectivity index (χ2v) is 5.76. The van der Waals surface area contributed by atoms with E-state index < -0.39 is 0 Å². The van der Waals surface area contributed by atoms with Crippen LogP contribution >= 0.6 is 0 Å². The van der Waals surface area contributed by atoms with Crippen molar-refractivity contribution in [3.8, 4) is 0 Å². The van der Waals surface area contributed by atoms with Crippen molar-refractivity contribution in [2.24, 2.45) is 5.92 Å². The van der Waals surface area contributed by atoms with Gasteiger partial charge in [0.2, 0.25) is 5.91 Å². The van der Waals surface area contributed by atoms with E-state index in [1.54, 1.807) is 6.20 Å². The molecule has 2 aliphatic rings. The molecule has 0 radical (unpaired) electrons. The lowest BCUT2D eigenvalue weighted by Gasteiger charge is -2.21. The minimum absolute atomic E-state index is 0.0587. The van der Waals surface area contributed by atoms with E-state index in [4.69, 9.17) is 0 Å². The van der Waals surface area contributed by atoms with Crippen molar-refractivity contribution in [1.82, 2.24) is 10.3 Å². The van der Waals surface area contributed by atoms with Crippen molar-refractivity contribution < 1.29 is 4.79 Å². The molecule has 1 aromatic rings. The molecule has 0 bridgehead atoms. The maximum Gasteiger partial charge on any atom is 0.241 e. The maximum absolute atomic E-state index is 12.4. The standard InChI is InChI=1S/C15H22N4O/c1-11-6-8-16-13(11)15(20)18-12-5-4-7-17-14(12)19-9-2-3-10-19/h4-5,7,11,13,16H,2-3,6,8-10H2,1H3,(H,18,20). The first kappa shape index (κ1) is 13.4. The van der Waals surface area contributed by atoms with Crippen molar-refractivity contribution in [3.05, 3.63) is 18.3 Å². The average molecular weight is 274 g/mol. The van der Waals surface area contributed by atoms with Crippen molar-refractivity contribution in [3.63, 3.8) is 0 Å². The van der Waals surface area contributed by atoms with Gasteiger partial charge in [-0.25, -0.2) is 4.98 Å². The molecular weight excluding hydrogens is 252 g/mol. The lowest BCUT2D eigenvalue weighted by Crippen LogP contribution is -2.39. The predicted octanol–water partition coefficient (Wildman–Crippen LogP) is 1.62. The molecule has 2 unspecified atom stereocenters. The Kier molecular flexibility index (Phi) is 3.87. The molecule has 1 amide bonds. The third-order valence-electron chi connectivity index (χ3n) is 4.27. The summed E-state index contributed by atoms with van der Waals surface area (Å²) in [6, 6.07) is 3.74. The van der Waals surface area contributed by atoms with Gasteiger partial charge in [0.15, 0.2) is 5.82 Å². The van der Waals surface area contributed by atoms with Gasteiger partial charge in [-0.2, -0.15) is 0 Å². The monoisotopic (exact) mass is 274 g/mol. The molecule has 0 aliphatic carbocycles. The Morgan fingerprint density at radius 3 is 2.95 bits per heavy atom. The summed E-state index contributed by atoms with van der Waals surface area (Å²) in [5, 5.41) is 6.32. The smallest absolute Gasteiger partial charge is 0.241 e. The van der Waals surface area contributed by atoms with Gasteiger partial charge in [-0.15, -0.1) is 0 Å². The van der Waals surface area contributed by atoms with Crippen LogP contribution in [0.5, 0.6) is 0 Å². The molecule has 0 saturated carbocycles. The highest BCUT2D eigenvalue weighted by Crippen LogP contribution is 2.27. The third-order valence-corrected chi connectivity index (χ3v) is 4.27. The Bertz CT molecular complexity index is 485. The highest BCUT2D eigenvalue weighted by atomic mass is 16.2. The van der Waals surface area contributed by atoms with Crippen LogP contribution in [0, 0.1) is 5.92 Å². The molecule has 2 aliphatic heterocycles. The Labute approximate surface area is 119 Å². The van der Waals surface area contributed by atoms with E-state index >= 15 is 0 Å². The number of carbonyl (C=O) groups excluding carboxylic acids is 1. The van der Waals surface area contributed by atoms with E-state index in [2.05, 4.69) is 27.4 Å². The number of rotatable bonds is 3. The van der Waals surface area contributed by atoms with Gasteiger partial charge in [0, 0.05) is 19.3 Å². The van der Waals surface area contributed by atoms with Gasteiger partial charge in [0.05, 0.1) is 11.7 Å². The highest BCUT2D eigenvalue weighted by Gasteiger charge is 2.30.